The van der Waals surface area contributed by atoms with Crippen LogP contribution in [0.1, 0.15) is 98.0 Å². The van der Waals surface area contributed by atoms with Gasteiger partial charge in [-0.1, -0.05) is 38.3 Å². The largest absolute Gasteiger partial charge is 0.494 e. The summed E-state index contributed by atoms with van der Waals surface area (Å²) in [4.78, 5) is 19.1. The van der Waals surface area contributed by atoms with Gasteiger partial charge in [-0.15, -0.1) is 0 Å². The van der Waals surface area contributed by atoms with Gasteiger partial charge in [-0.2, -0.15) is 0 Å². The zero-order valence-electron chi connectivity index (χ0n) is 22.4. The van der Waals surface area contributed by atoms with Crippen molar-refractivity contribution in [2.75, 3.05) is 18.0 Å². The van der Waals surface area contributed by atoms with E-state index < -0.39 is 7.12 Å². The first-order chi connectivity index (χ1) is 16.6. The molecular formula is C29H43BN2O3. The van der Waals surface area contributed by atoms with E-state index in [4.69, 9.17) is 9.31 Å². The fourth-order valence-electron chi connectivity index (χ4n) is 7.36. The highest BCUT2D eigenvalue weighted by Crippen LogP contribution is 2.52. The molecule has 3 heterocycles. The molecule has 0 aromatic heterocycles. The highest BCUT2D eigenvalue weighted by molar-refractivity contribution is 6.62. The summed E-state index contributed by atoms with van der Waals surface area (Å²) in [5.74, 6) is 1.17. The van der Waals surface area contributed by atoms with Gasteiger partial charge in [0.25, 0.3) is 0 Å². The lowest BCUT2D eigenvalue weighted by molar-refractivity contribution is -0.125. The van der Waals surface area contributed by atoms with Crippen LogP contribution in [0, 0.1) is 5.92 Å². The van der Waals surface area contributed by atoms with Crippen LogP contribution >= 0.6 is 0 Å². The molecule has 35 heavy (non-hydrogen) atoms. The summed E-state index contributed by atoms with van der Waals surface area (Å²) in [5, 5.41) is 0. The number of amides is 1. The van der Waals surface area contributed by atoms with Gasteiger partial charge in [-0.3, -0.25) is 9.69 Å². The van der Waals surface area contributed by atoms with Crippen molar-refractivity contribution in [2.45, 2.75) is 121 Å². The molecule has 3 aliphatic heterocycles. The second kappa shape index (κ2) is 8.32. The van der Waals surface area contributed by atoms with E-state index in [1.54, 1.807) is 0 Å². The molecule has 0 unspecified atom stereocenters. The van der Waals surface area contributed by atoms with Gasteiger partial charge in [0.05, 0.1) is 16.6 Å². The maximum atomic E-state index is 14.2. The van der Waals surface area contributed by atoms with Crippen LogP contribution in [0.2, 0.25) is 0 Å². The molecule has 2 saturated heterocycles. The SMILES string of the molecule is C[C@@H]1CCCN(C2CC(N3C(=O)C4(CCCCC4)c4ccc(B5OC(C)(C)C(C)(C)O5)cc43)C2)C1. The van der Waals surface area contributed by atoms with Gasteiger partial charge in [0.15, 0.2) is 0 Å². The standard InChI is InChI=1S/C29H43BN2O3/c1-20-10-9-15-31(19-20)22-17-23(18-22)32-25-16-21(30-34-27(2,3)28(4,5)35-30)11-12-24(25)29(26(32)33)13-7-6-8-14-29/h11-12,16,20,22-23H,6-10,13-15,17-19H2,1-5H3/t20-,22?,23?/m1/s1. The molecule has 5 aliphatic rings. The van der Waals surface area contributed by atoms with Crippen LogP contribution in [0.15, 0.2) is 18.2 Å². The van der Waals surface area contributed by atoms with Crippen molar-refractivity contribution in [3.05, 3.63) is 23.8 Å². The third kappa shape index (κ3) is 3.73. The van der Waals surface area contributed by atoms with Gasteiger partial charge in [0.2, 0.25) is 5.91 Å². The Labute approximate surface area is 212 Å². The first kappa shape index (κ1) is 24.0. The zero-order valence-corrected chi connectivity index (χ0v) is 22.4. The maximum absolute atomic E-state index is 14.2. The fourth-order valence-corrected chi connectivity index (χ4v) is 7.36. The maximum Gasteiger partial charge on any atom is 0.494 e. The predicted octanol–water partition coefficient (Wildman–Crippen LogP) is 4.80. The van der Waals surface area contributed by atoms with E-state index in [1.807, 2.05) is 0 Å². The summed E-state index contributed by atoms with van der Waals surface area (Å²) in [6, 6.07) is 7.58. The molecule has 6 rings (SSSR count). The quantitative estimate of drug-likeness (QED) is 0.586. The van der Waals surface area contributed by atoms with Crippen LogP contribution in [0.3, 0.4) is 0 Å². The highest BCUT2D eigenvalue weighted by atomic mass is 16.7. The van der Waals surface area contributed by atoms with Crippen LogP contribution in [-0.4, -0.2) is 54.3 Å². The molecular weight excluding hydrogens is 435 g/mol. The first-order valence-corrected chi connectivity index (χ1v) is 14.2. The number of likely N-dealkylation sites (tertiary alicyclic amines) is 1. The number of rotatable bonds is 3. The number of hydrogen-bond acceptors (Lipinski definition) is 4. The summed E-state index contributed by atoms with van der Waals surface area (Å²) < 4.78 is 12.8. The van der Waals surface area contributed by atoms with Crippen molar-refractivity contribution in [2.24, 2.45) is 5.92 Å². The minimum atomic E-state index is -0.394. The average Bonchev–Trinajstić information content (AvgIpc) is 3.14. The lowest BCUT2D eigenvalue weighted by Crippen LogP contribution is -2.58. The number of piperidine rings is 1. The van der Waals surface area contributed by atoms with E-state index in [9.17, 15) is 4.79 Å². The molecule has 0 radical (unpaired) electrons. The topological polar surface area (TPSA) is 42.0 Å². The van der Waals surface area contributed by atoms with Crippen LogP contribution in [-0.2, 0) is 19.5 Å². The number of anilines is 1. The smallest absolute Gasteiger partial charge is 0.399 e. The van der Waals surface area contributed by atoms with Crippen molar-refractivity contribution in [1.82, 2.24) is 4.90 Å². The molecule has 190 valence electrons. The average molecular weight is 478 g/mol. The Morgan fingerprint density at radius 2 is 1.63 bits per heavy atom. The molecule has 0 bridgehead atoms. The normalized spacial score (nSPS) is 33.7. The first-order valence-electron chi connectivity index (χ1n) is 14.2. The number of carbonyl (C=O) groups is 1. The van der Waals surface area contributed by atoms with E-state index in [2.05, 4.69) is 62.6 Å². The molecule has 6 heteroatoms. The molecule has 1 atom stereocenters. The van der Waals surface area contributed by atoms with Crippen molar-refractivity contribution in [3.8, 4) is 0 Å². The minimum absolute atomic E-state index is 0.313. The van der Waals surface area contributed by atoms with Gasteiger partial charge < -0.3 is 14.2 Å². The third-order valence-electron chi connectivity index (χ3n) is 10.3. The number of carbonyl (C=O) groups excluding carboxylic acids is 1. The van der Waals surface area contributed by atoms with Gasteiger partial charge in [-0.25, -0.2) is 0 Å². The zero-order chi connectivity index (χ0) is 24.6. The second-order valence-electron chi connectivity index (χ2n) is 13.2. The number of benzene rings is 1. The van der Waals surface area contributed by atoms with Crippen LogP contribution in [0.25, 0.3) is 0 Å². The molecule has 2 saturated carbocycles. The summed E-state index contributed by atoms with van der Waals surface area (Å²) in [6.45, 7) is 13.2. The Morgan fingerprint density at radius 3 is 2.29 bits per heavy atom. The van der Waals surface area contributed by atoms with E-state index in [-0.39, 0.29) is 16.6 Å². The summed E-state index contributed by atoms with van der Waals surface area (Å²) in [6.07, 6.45) is 10.4. The van der Waals surface area contributed by atoms with E-state index in [0.717, 1.165) is 55.6 Å². The summed E-state index contributed by atoms with van der Waals surface area (Å²) in [5.41, 5.74) is 2.38. The molecule has 0 N–H and O–H groups in total. The Balaban J connectivity index is 1.30. The van der Waals surface area contributed by atoms with E-state index in [0.29, 0.717) is 18.0 Å². The van der Waals surface area contributed by atoms with Crippen LogP contribution in [0.4, 0.5) is 5.69 Å². The van der Waals surface area contributed by atoms with Crippen LogP contribution in [0.5, 0.6) is 0 Å². The molecule has 1 spiro atoms. The molecule has 1 aromatic carbocycles. The lowest BCUT2D eigenvalue weighted by Gasteiger charge is -2.49. The minimum Gasteiger partial charge on any atom is -0.399 e. The monoisotopic (exact) mass is 478 g/mol. The summed E-state index contributed by atoms with van der Waals surface area (Å²) in [7, 11) is -0.394. The second-order valence-corrected chi connectivity index (χ2v) is 13.2. The molecule has 4 fully saturated rings. The Morgan fingerprint density at radius 1 is 0.943 bits per heavy atom. The van der Waals surface area contributed by atoms with Gasteiger partial charge >= 0.3 is 7.12 Å². The number of fused-ring (bicyclic) bond motifs is 2. The van der Waals surface area contributed by atoms with Crippen molar-refractivity contribution in [3.63, 3.8) is 0 Å². The highest BCUT2D eigenvalue weighted by Gasteiger charge is 2.56. The van der Waals surface area contributed by atoms with E-state index >= 15 is 0 Å². The molecule has 2 aliphatic carbocycles. The molecule has 1 aromatic rings. The Kier molecular flexibility index (Phi) is 5.71. The van der Waals surface area contributed by atoms with Crippen molar-refractivity contribution >= 4 is 24.2 Å². The van der Waals surface area contributed by atoms with Crippen LogP contribution < -0.4 is 10.4 Å². The van der Waals surface area contributed by atoms with Crippen molar-refractivity contribution in [1.29, 1.82) is 0 Å². The van der Waals surface area contributed by atoms with Gasteiger partial charge in [-0.05, 0) is 95.8 Å². The van der Waals surface area contributed by atoms with Crippen molar-refractivity contribution < 1.29 is 14.1 Å². The summed E-state index contributed by atoms with van der Waals surface area (Å²) >= 11 is 0. The molecule has 1 amide bonds. The molecule has 5 nitrogen and oxygen atoms in total. The fraction of sp³-hybridized carbons (Fsp3) is 0.759. The number of nitrogens with zero attached hydrogens (tertiary/aromatic N) is 2. The predicted molar refractivity (Wildman–Crippen MR) is 141 cm³/mol. The van der Waals surface area contributed by atoms with Gasteiger partial charge in [0.1, 0.15) is 0 Å². The number of hydrogen-bond donors (Lipinski definition) is 0. The Bertz CT molecular complexity index is 980. The Hall–Kier alpha value is -1.37. The third-order valence-corrected chi connectivity index (χ3v) is 10.3. The van der Waals surface area contributed by atoms with E-state index in [1.165, 1.54) is 37.9 Å². The van der Waals surface area contributed by atoms with Gasteiger partial charge in [0, 0.05) is 24.3 Å². The lowest BCUT2D eigenvalue weighted by atomic mass is 9.69.